The maximum Gasteiger partial charge on any atom is 0.220 e. The summed E-state index contributed by atoms with van der Waals surface area (Å²) in [5, 5.41) is 2.09. The van der Waals surface area contributed by atoms with Gasteiger partial charge in [0.15, 0.2) is 5.78 Å². The summed E-state index contributed by atoms with van der Waals surface area (Å²) >= 11 is 0. The van der Waals surface area contributed by atoms with Gasteiger partial charge in [-0.15, -0.1) is 0 Å². The van der Waals surface area contributed by atoms with Crippen LogP contribution in [0.25, 0.3) is 10.8 Å². The topological polar surface area (TPSA) is 69.4 Å². The van der Waals surface area contributed by atoms with Crippen molar-refractivity contribution in [3.05, 3.63) is 114 Å². The van der Waals surface area contributed by atoms with Gasteiger partial charge in [-0.2, -0.15) is 0 Å². The largest absolute Gasteiger partial charge is 0.492 e. The number of carbonyl (C=O) groups excluding carboxylic acids is 2. The van der Waals surface area contributed by atoms with Crippen LogP contribution in [0.4, 0.5) is 4.39 Å². The second-order valence-corrected chi connectivity index (χ2v) is 8.79. The van der Waals surface area contributed by atoms with Gasteiger partial charge in [-0.1, -0.05) is 79.7 Å². The van der Waals surface area contributed by atoms with Crippen LogP contribution in [-0.4, -0.2) is 18.3 Å². The van der Waals surface area contributed by atoms with Crippen LogP contribution >= 0.6 is 0 Å². The van der Waals surface area contributed by atoms with Crippen molar-refractivity contribution in [2.24, 2.45) is 11.7 Å². The molecule has 1 unspecified atom stereocenters. The second kappa shape index (κ2) is 13.2. The fourth-order valence-electron chi connectivity index (χ4n) is 3.85. The first-order chi connectivity index (χ1) is 17.3. The molecule has 1 amide bonds. The highest BCUT2D eigenvalue weighted by molar-refractivity contribution is 6.03. The molecule has 0 spiro atoms. The highest BCUT2D eigenvalue weighted by Crippen LogP contribution is 2.30. The van der Waals surface area contributed by atoms with E-state index >= 15 is 0 Å². The number of fused-ring (bicyclic) bond motifs is 1. The molecule has 4 nitrogen and oxygen atoms in total. The number of ketones is 1. The van der Waals surface area contributed by atoms with Crippen LogP contribution < -0.4 is 10.5 Å². The van der Waals surface area contributed by atoms with Gasteiger partial charge in [-0.25, -0.2) is 4.39 Å². The third kappa shape index (κ3) is 7.77. The Bertz CT molecular complexity index is 1290. The first kappa shape index (κ1) is 26.6. The number of aryl methyl sites for hydroxylation is 1. The van der Waals surface area contributed by atoms with Crippen molar-refractivity contribution < 1.29 is 18.7 Å². The fraction of sp³-hybridized carbons (Fsp3) is 0.226. The quantitative estimate of drug-likeness (QED) is 0.216. The summed E-state index contributed by atoms with van der Waals surface area (Å²) in [4.78, 5) is 22.6. The highest BCUT2D eigenvalue weighted by Gasteiger charge is 2.12. The molecule has 0 aliphatic rings. The molecular formula is C31H32FNO3. The number of hydrogen-bond donors (Lipinski definition) is 1. The monoisotopic (exact) mass is 485 g/mol. The summed E-state index contributed by atoms with van der Waals surface area (Å²) in [5.74, 6) is -0.0530. The summed E-state index contributed by atoms with van der Waals surface area (Å²) in [5.41, 5.74) is 7.99. The van der Waals surface area contributed by atoms with Gasteiger partial charge in [0.2, 0.25) is 5.91 Å². The van der Waals surface area contributed by atoms with Crippen LogP contribution in [0.1, 0.15) is 41.8 Å². The molecule has 0 bridgehead atoms. The molecular weight excluding hydrogens is 453 g/mol. The van der Waals surface area contributed by atoms with Gasteiger partial charge in [0, 0.05) is 11.3 Å². The third-order valence-corrected chi connectivity index (χ3v) is 5.90. The molecule has 5 heteroatoms. The Morgan fingerprint density at radius 3 is 2.19 bits per heavy atom. The second-order valence-electron chi connectivity index (χ2n) is 8.79. The van der Waals surface area contributed by atoms with Gasteiger partial charge in [0.25, 0.3) is 0 Å². The maximum atomic E-state index is 12.5. The van der Waals surface area contributed by atoms with Gasteiger partial charge < -0.3 is 10.5 Å². The lowest BCUT2D eigenvalue weighted by Gasteiger charge is -2.13. The molecule has 4 rings (SSSR count). The molecule has 4 aromatic carbocycles. The van der Waals surface area contributed by atoms with E-state index in [4.69, 9.17) is 10.5 Å². The molecule has 2 N–H and O–H groups in total. The van der Waals surface area contributed by atoms with Gasteiger partial charge in [-0.3, -0.25) is 9.59 Å². The minimum Gasteiger partial charge on any atom is -0.492 e. The Morgan fingerprint density at radius 2 is 1.53 bits per heavy atom. The molecule has 0 heterocycles. The van der Waals surface area contributed by atoms with E-state index in [2.05, 4.69) is 24.3 Å². The number of Topliss-reactive ketones (excluding diaryl/α,β-unsaturated/α-hetero) is 1. The summed E-state index contributed by atoms with van der Waals surface area (Å²) in [6.07, 6.45) is 2.46. The van der Waals surface area contributed by atoms with Gasteiger partial charge in [0.05, 0.1) is 12.2 Å². The zero-order valence-electron chi connectivity index (χ0n) is 20.7. The van der Waals surface area contributed by atoms with E-state index in [0.29, 0.717) is 24.3 Å². The Morgan fingerprint density at radius 1 is 0.861 bits per heavy atom. The van der Waals surface area contributed by atoms with Crippen molar-refractivity contribution >= 4 is 22.5 Å². The molecule has 0 saturated carbocycles. The Labute approximate surface area is 211 Å². The molecule has 4 aromatic rings. The number of amides is 1. The fourth-order valence-corrected chi connectivity index (χ4v) is 3.85. The molecule has 0 fully saturated rings. The molecule has 36 heavy (non-hydrogen) atoms. The number of primary amides is 1. The standard InChI is InChI=1S/C21H20O2.C10H12FNO/c1-16(22)19-14-13-18-11-5-6-12-20(18)21(19)23-15-7-10-17-8-3-2-4-9-17;1-7(10(12)13)6-8-2-4-9(11)5-3-8/h2-6,8-9,11-14H,7,10,15H2,1H3;2-5,7H,6H2,1H3,(H2,12,13). The van der Waals surface area contributed by atoms with E-state index in [1.807, 2.05) is 42.5 Å². The first-order valence-electron chi connectivity index (χ1n) is 12.1. The summed E-state index contributed by atoms with van der Waals surface area (Å²) in [6.45, 7) is 3.94. The minimum atomic E-state index is -0.329. The van der Waals surface area contributed by atoms with E-state index in [-0.39, 0.29) is 23.4 Å². The Balaban J connectivity index is 0.000000236. The minimum absolute atomic E-state index is 0.0359. The Hall–Kier alpha value is -3.99. The molecule has 0 radical (unpaired) electrons. The van der Waals surface area contributed by atoms with Crippen LogP contribution in [0.15, 0.2) is 91.0 Å². The number of benzene rings is 4. The summed E-state index contributed by atoms with van der Waals surface area (Å²) < 4.78 is 18.5. The average molecular weight is 486 g/mol. The summed E-state index contributed by atoms with van der Waals surface area (Å²) in [7, 11) is 0. The average Bonchev–Trinajstić information content (AvgIpc) is 2.88. The van der Waals surface area contributed by atoms with Gasteiger partial charge in [0.1, 0.15) is 11.6 Å². The lowest BCUT2D eigenvalue weighted by atomic mass is 10.0. The maximum absolute atomic E-state index is 12.5. The smallest absolute Gasteiger partial charge is 0.220 e. The van der Waals surface area contributed by atoms with E-state index in [0.717, 1.165) is 29.2 Å². The molecule has 1 atom stereocenters. The summed E-state index contributed by atoms with van der Waals surface area (Å²) in [6, 6.07) is 28.3. The zero-order chi connectivity index (χ0) is 25.9. The SMILES string of the molecule is CC(=O)c1ccc2ccccc2c1OCCCc1ccccc1.CC(Cc1ccc(F)cc1)C(N)=O. The van der Waals surface area contributed by atoms with Crippen LogP contribution in [0.3, 0.4) is 0 Å². The van der Waals surface area contributed by atoms with E-state index < -0.39 is 0 Å². The Kier molecular flexibility index (Phi) is 9.75. The number of carbonyl (C=O) groups is 2. The van der Waals surface area contributed by atoms with Crippen molar-refractivity contribution in [3.63, 3.8) is 0 Å². The predicted molar refractivity (Wildman–Crippen MR) is 143 cm³/mol. The third-order valence-electron chi connectivity index (χ3n) is 5.90. The first-order valence-corrected chi connectivity index (χ1v) is 12.1. The number of ether oxygens (including phenoxy) is 1. The van der Waals surface area contributed by atoms with Gasteiger partial charge in [-0.05, 0) is 60.9 Å². The normalized spacial score (nSPS) is 11.3. The number of nitrogens with two attached hydrogens (primary N) is 1. The molecule has 186 valence electrons. The van der Waals surface area contributed by atoms with Crippen molar-refractivity contribution in [1.82, 2.24) is 0 Å². The van der Waals surface area contributed by atoms with Crippen LogP contribution in [0.5, 0.6) is 5.75 Å². The van der Waals surface area contributed by atoms with E-state index in [1.165, 1.54) is 17.7 Å². The van der Waals surface area contributed by atoms with Crippen molar-refractivity contribution in [3.8, 4) is 5.75 Å². The molecule has 0 aromatic heterocycles. The number of rotatable bonds is 9. The van der Waals surface area contributed by atoms with Crippen LogP contribution in [0, 0.1) is 11.7 Å². The zero-order valence-corrected chi connectivity index (χ0v) is 20.7. The van der Waals surface area contributed by atoms with E-state index in [1.54, 1.807) is 26.0 Å². The lowest BCUT2D eigenvalue weighted by molar-refractivity contribution is -0.121. The van der Waals surface area contributed by atoms with Gasteiger partial charge >= 0.3 is 0 Å². The van der Waals surface area contributed by atoms with Crippen molar-refractivity contribution in [1.29, 1.82) is 0 Å². The van der Waals surface area contributed by atoms with Crippen molar-refractivity contribution in [2.75, 3.05) is 6.61 Å². The molecule has 0 aliphatic heterocycles. The number of hydrogen-bond acceptors (Lipinski definition) is 3. The van der Waals surface area contributed by atoms with Crippen LogP contribution in [-0.2, 0) is 17.6 Å². The highest BCUT2D eigenvalue weighted by atomic mass is 19.1. The van der Waals surface area contributed by atoms with Crippen molar-refractivity contribution in [2.45, 2.75) is 33.1 Å². The van der Waals surface area contributed by atoms with E-state index in [9.17, 15) is 14.0 Å². The number of halogens is 1. The lowest BCUT2D eigenvalue weighted by Crippen LogP contribution is -2.22. The molecule has 0 saturated heterocycles. The van der Waals surface area contributed by atoms with Crippen LogP contribution in [0.2, 0.25) is 0 Å². The predicted octanol–water partition coefficient (Wildman–Crippen LogP) is 6.54. The molecule has 0 aliphatic carbocycles.